The Morgan fingerprint density at radius 3 is 2.69 bits per heavy atom. The van der Waals surface area contributed by atoms with Gasteiger partial charge in [-0.1, -0.05) is 0 Å². The Bertz CT molecular complexity index is 863. The van der Waals surface area contributed by atoms with Crippen molar-refractivity contribution in [1.82, 2.24) is 4.90 Å². The van der Waals surface area contributed by atoms with Gasteiger partial charge in [-0.25, -0.2) is 4.79 Å². The lowest BCUT2D eigenvalue weighted by molar-refractivity contribution is 0.0225. The summed E-state index contributed by atoms with van der Waals surface area (Å²) in [5.41, 5.74) is 2.48. The largest absolute Gasteiger partial charge is 0.507 e. The second kappa shape index (κ2) is 6.76. The van der Waals surface area contributed by atoms with Crippen LogP contribution in [-0.2, 0) is 17.7 Å². The third-order valence-corrected chi connectivity index (χ3v) is 5.55. The van der Waals surface area contributed by atoms with Crippen molar-refractivity contribution in [3.05, 3.63) is 39.8 Å². The number of carbonyl (C=O) groups is 2. The first-order valence-corrected chi connectivity index (χ1v) is 9.38. The Hall–Kier alpha value is -2.34. The molecule has 1 aliphatic rings. The lowest BCUT2D eigenvalue weighted by atomic mass is 10.0. The van der Waals surface area contributed by atoms with Gasteiger partial charge in [0.05, 0.1) is 12.1 Å². The topological polar surface area (TPSA) is 66.8 Å². The van der Waals surface area contributed by atoms with Gasteiger partial charge in [0.2, 0.25) is 0 Å². The number of benzene rings is 1. The van der Waals surface area contributed by atoms with Crippen molar-refractivity contribution in [3.8, 4) is 16.2 Å². The van der Waals surface area contributed by atoms with E-state index < -0.39 is 5.60 Å². The van der Waals surface area contributed by atoms with Crippen LogP contribution in [0.5, 0.6) is 5.75 Å². The summed E-state index contributed by atoms with van der Waals surface area (Å²) in [4.78, 5) is 27.5. The molecule has 0 saturated carbocycles. The monoisotopic (exact) mass is 373 g/mol. The number of thiophene rings is 1. The molecule has 6 heteroatoms. The molecular weight excluding hydrogens is 350 g/mol. The van der Waals surface area contributed by atoms with E-state index in [0.717, 1.165) is 22.4 Å². The first kappa shape index (κ1) is 18.5. The number of ether oxygens (including phenoxy) is 1. The molecule has 5 nitrogen and oxygen atoms in total. The summed E-state index contributed by atoms with van der Waals surface area (Å²) >= 11 is 1.67. The van der Waals surface area contributed by atoms with Crippen LogP contribution in [0.2, 0.25) is 0 Å². The molecule has 1 aromatic heterocycles. The normalized spacial score (nSPS) is 14.1. The Morgan fingerprint density at radius 2 is 2.04 bits per heavy atom. The number of hydrogen-bond donors (Lipinski definition) is 1. The zero-order valence-electron chi connectivity index (χ0n) is 15.5. The van der Waals surface area contributed by atoms with E-state index >= 15 is 0 Å². The second-order valence-electron chi connectivity index (χ2n) is 7.56. The Kier molecular flexibility index (Phi) is 4.80. The van der Waals surface area contributed by atoms with E-state index in [1.165, 1.54) is 4.88 Å². The predicted molar refractivity (Wildman–Crippen MR) is 102 cm³/mol. The van der Waals surface area contributed by atoms with E-state index in [-0.39, 0.29) is 11.8 Å². The Balaban J connectivity index is 1.85. The van der Waals surface area contributed by atoms with Gasteiger partial charge < -0.3 is 14.7 Å². The molecule has 0 radical (unpaired) electrons. The molecule has 0 saturated heterocycles. The van der Waals surface area contributed by atoms with Gasteiger partial charge in [-0.3, -0.25) is 4.79 Å². The molecular formula is C20H23NO4S. The number of amides is 1. The van der Waals surface area contributed by atoms with Crippen LogP contribution in [0, 0.1) is 6.92 Å². The summed E-state index contributed by atoms with van der Waals surface area (Å²) < 4.78 is 5.47. The van der Waals surface area contributed by atoms with Crippen LogP contribution in [0.25, 0.3) is 10.4 Å². The number of aryl methyl sites for hydroxylation is 1. The fraction of sp³-hybridized carbons (Fsp3) is 0.400. The molecule has 0 fully saturated rings. The Labute approximate surface area is 157 Å². The molecule has 0 bridgehead atoms. The molecule has 1 aliphatic heterocycles. The third kappa shape index (κ3) is 3.75. The zero-order valence-corrected chi connectivity index (χ0v) is 16.3. The number of aromatic hydroxyl groups is 1. The fourth-order valence-electron chi connectivity index (χ4n) is 3.00. The molecule has 0 aliphatic carbocycles. The molecule has 26 heavy (non-hydrogen) atoms. The van der Waals surface area contributed by atoms with Gasteiger partial charge in [-0.05, 0) is 69.0 Å². The van der Waals surface area contributed by atoms with Crippen molar-refractivity contribution in [1.29, 1.82) is 0 Å². The van der Waals surface area contributed by atoms with E-state index in [9.17, 15) is 14.7 Å². The summed E-state index contributed by atoms with van der Waals surface area (Å²) in [6.07, 6.45) is 1.17. The van der Waals surface area contributed by atoms with Gasteiger partial charge in [-0.2, -0.15) is 0 Å². The number of aldehydes is 1. The SMILES string of the molecule is Cc1cc(-c2cc3c(s2)CCN(C(=O)OC(C)(C)C)C3)cc(C=O)c1O. The molecule has 0 spiro atoms. The van der Waals surface area contributed by atoms with E-state index in [2.05, 4.69) is 6.07 Å². The van der Waals surface area contributed by atoms with Gasteiger partial charge >= 0.3 is 6.09 Å². The molecule has 0 unspecified atom stereocenters. The van der Waals surface area contributed by atoms with Gasteiger partial charge in [-0.15, -0.1) is 11.3 Å². The van der Waals surface area contributed by atoms with Crippen LogP contribution in [-0.4, -0.2) is 34.5 Å². The van der Waals surface area contributed by atoms with Crippen LogP contribution in [0.1, 0.15) is 47.1 Å². The molecule has 1 amide bonds. The average Bonchev–Trinajstić information content (AvgIpc) is 2.98. The van der Waals surface area contributed by atoms with Crippen molar-refractivity contribution < 1.29 is 19.4 Å². The highest BCUT2D eigenvalue weighted by molar-refractivity contribution is 7.15. The maximum Gasteiger partial charge on any atom is 0.410 e. The summed E-state index contributed by atoms with van der Waals surface area (Å²) in [6, 6.07) is 5.65. The molecule has 2 heterocycles. The van der Waals surface area contributed by atoms with E-state index in [0.29, 0.717) is 30.5 Å². The zero-order chi connectivity index (χ0) is 19.1. The van der Waals surface area contributed by atoms with Crippen LogP contribution in [0.4, 0.5) is 4.79 Å². The van der Waals surface area contributed by atoms with Crippen LogP contribution >= 0.6 is 11.3 Å². The number of phenols is 1. The molecule has 2 aromatic rings. The van der Waals surface area contributed by atoms with Crippen molar-refractivity contribution in [3.63, 3.8) is 0 Å². The van der Waals surface area contributed by atoms with Crippen molar-refractivity contribution in [2.45, 2.75) is 46.3 Å². The summed E-state index contributed by atoms with van der Waals surface area (Å²) in [5.74, 6) is 0.0289. The molecule has 0 atom stereocenters. The van der Waals surface area contributed by atoms with E-state index in [1.54, 1.807) is 29.2 Å². The van der Waals surface area contributed by atoms with Gasteiger partial charge in [0, 0.05) is 16.3 Å². The lowest BCUT2D eigenvalue weighted by Crippen LogP contribution is -2.39. The van der Waals surface area contributed by atoms with Crippen LogP contribution in [0.15, 0.2) is 18.2 Å². The lowest BCUT2D eigenvalue weighted by Gasteiger charge is -2.29. The average molecular weight is 373 g/mol. The molecule has 3 rings (SSSR count). The van der Waals surface area contributed by atoms with Crippen LogP contribution in [0.3, 0.4) is 0 Å². The molecule has 1 aromatic carbocycles. The number of hydrogen-bond acceptors (Lipinski definition) is 5. The highest BCUT2D eigenvalue weighted by Gasteiger charge is 2.27. The highest BCUT2D eigenvalue weighted by Crippen LogP contribution is 2.37. The number of carbonyl (C=O) groups excluding carboxylic acids is 2. The standard InChI is InChI=1S/C20H23NO4S/c1-12-7-13(8-15(11-22)18(12)23)17-9-14-10-21(6-5-16(14)26-17)19(24)25-20(2,3)4/h7-9,11,23H,5-6,10H2,1-4H3. The summed E-state index contributed by atoms with van der Waals surface area (Å²) in [7, 11) is 0. The van der Waals surface area contributed by atoms with Crippen molar-refractivity contribution >= 4 is 23.7 Å². The minimum absolute atomic E-state index is 0.0289. The maximum atomic E-state index is 12.3. The number of nitrogens with zero attached hydrogens (tertiary/aromatic N) is 1. The van der Waals surface area contributed by atoms with Gasteiger partial charge in [0.1, 0.15) is 11.4 Å². The summed E-state index contributed by atoms with van der Waals surface area (Å²) in [6.45, 7) is 8.53. The van der Waals surface area contributed by atoms with E-state index in [4.69, 9.17) is 4.74 Å². The fourth-order valence-corrected chi connectivity index (χ4v) is 4.15. The summed E-state index contributed by atoms with van der Waals surface area (Å²) in [5, 5.41) is 9.93. The molecule has 1 N–H and O–H groups in total. The molecule has 138 valence electrons. The number of phenolic OH excluding ortho intramolecular Hbond substituents is 1. The Morgan fingerprint density at radius 1 is 1.31 bits per heavy atom. The minimum atomic E-state index is -0.508. The first-order valence-electron chi connectivity index (χ1n) is 8.56. The van der Waals surface area contributed by atoms with Gasteiger partial charge in [0.15, 0.2) is 6.29 Å². The first-order chi connectivity index (χ1) is 12.2. The van der Waals surface area contributed by atoms with E-state index in [1.807, 2.05) is 26.8 Å². The number of rotatable bonds is 2. The third-order valence-electron chi connectivity index (χ3n) is 4.26. The number of fused-ring (bicyclic) bond motifs is 1. The minimum Gasteiger partial charge on any atom is -0.507 e. The van der Waals surface area contributed by atoms with Crippen LogP contribution < -0.4 is 0 Å². The smallest absolute Gasteiger partial charge is 0.410 e. The van der Waals surface area contributed by atoms with Crippen molar-refractivity contribution in [2.75, 3.05) is 6.54 Å². The van der Waals surface area contributed by atoms with Gasteiger partial charge in [0.25, 0.3) is 0 Å². The van der Waals surface area contributed by atoms with Crippen molar-refractivity contribution in [2.24, 2.45) is 0 Å². The maximum absolute atomic E-state index is 12.3. The second-order valence-corrected chi connectivity index (χ2v) is 8.70. The highest BCUT2D eigenvalue weighted by atomic mass is 32.1. The predicted octanol–water partition coefficient (Wildman–Crippen LogP) is 4.53. The quantitative estimate of drug-likeness (QED) is 0.785.